The lowest BCUT2D eigenvalue weighted by atomic mass is 9.51. The maximum atomic E-state index is 13.0. The van der Waals surface area contributed by atoms with Crippen LogP contribution in [0.4, 0.5) is 11.4 Å². The molecule has 5 nitrogen and oxygen atoms in total. The van der Waals surface area contributed by atoms with E-state index in [1.165, 1.54) is 55.9 Å². The summed E-state index contributed by atoms with van der Waals surface area (Å²) < 4.78 is 28.6. The van der Waals surface area contributed by atoms with E-state index in [9.17, 15) is 13.2 Å². The average molecular weight is 535 g/mol. The third-order valence-corrected chi connectivity index (χ3v) is 10.4. The van der Waals surface area contributed by atoms with Gasteiger partial charge >= 0.3 is 0 Å². The molecule has 1 amide bonds. The van der Waals surface area contributed by atoms with Crippen LogP contribution in [-0.4, -0.2) is 14.3 Å². The molecule has 0 aromatic heterocycles. The number of halogens is 1. The van der Waals surface area contributed by atoms with Gasteiger partial charge in [-0.1, -0.05) is 35.9 Å². The molecule has 37 heavy (non-hydrogen) atoms. The first kappa shape index (κ1) is 24.5. The third kappa shape index (κ3) is 4.89. The van der Waals surface area contributed by atoms with E-state index in [1.54, 1.807) is 18.2 Å². The maximum Gasteiger partial charge on any atom is 0.263 e. The molecule has 4 fully saturated rings. The summed E-state index contributed by atoms with van der Waals surface area (Å²) in [5.74, 6) is 3.75. The standard InChI is InChI=1S/C30H31ClN2O3S/c1-18-3-2-4-26(11-18)33-37(35,36)28-17-22(7-10-27(28)31)30(34)32-25-8-5-21(6-9-25)29-23-13-19-12-20(15-23)16-24(29)14-19/h2-11,17,19-20,23-24,29,33H,12-16H2,1H3,(H,32,34). The highest BCUT2D eigenvalue weighted by Crippen LogP contribution is 2.59. The molecular weight excluding hydrogens is 504 g/mol. The molecule has 3 aromatic rings. The van der Waals surface area contributed by atoms with Crippen LogP contribution >= 0.6 is 11.6 Å². The van der Waals surface area contributed by atoms with Crippen LogP contribution in [0, 0.1) is 30.6 Å². The SMILES string of the molecule is Cc1cccc(NS(=O)(=O)c2cc(C(=O)Nc3ccc(C4C5CC6CC(C5)CC4C6)cc3)ccc2Cl)c1. The Morgan fingerprint density at radius 2 is 1.51 bits per heavy atom. The van der Waals surface area contributed by atoms with Crippen molar-refractivity contribution < 1.29 is 13.2 Å². The highest BCUT2D eigenvalue weighted by atomic mass is 35.5. The number of nitrogens with one attached hydrogen (secondary N) is 2. The van der Waals surface area contributed by atoms with Crippen LogP contribution in [0.3, 0.4) is 0 Å². The maximum absolute atomic E-state index is 13.0. The largest absolute Gasteiger partial charge is 0.322 e. The van der Waals surface area contributed by atoms with Crippen molar-refractivity contribution >= 4 is 38.9 Å². The second-order valence-corrected chi connectivity index (χ2v) is 13.2. The van der Waals surface area contributed by atoms with Crippen molar-refractivity contribution in [1.29, 1.82) is 0 Å². The minimum Gasteiger partial charge on any atom is -0.322 e. The van der Waals surface area contributed by atoms with Gasteiger partial charge in [0.1, 0.15) is 4.90 Å². The molecule has 192 valence electrons. The van der Waals surface area contributed by atoms with Gasteiger partial charge in [0.2, 0.25) is 0 Å². The predicted octanol–water partition coefficient (Wildman–Crippen LogP) is 7.24. The van der Waals surface area contributed by atoms with Gasteiger partial charge in [-0.15, -0.1) is 0 Å². The minimum atomic E-state index is -3.98. The molecule has 7 heteroatoms. The van der Waals surface area contributed by atoms with Crippen molar-refractivity contribution in [3.8, 4) is 0 Å². The highest BCUT2D eigenvalue weighted by Gasteiger charge is 2.48. The smallest absolute Gasteiger partial charge is 0.263 e. The number of rotatable bonds is 6. The van der Waals surface area contributed by atoms with Crippen LogP contribution in [-0.2, 0) is 10.0 Å². The molecule has 7 rings (SSSR count). The van der Waals surface area contributed by atoms with Crippen LogP contribution in [0.25, 0.3) is 0 Å². The number of carbonyl (C=O) groups is 1. The molecule has 4 aliphatic carbocycles. The lowest BCUT2D eigenvalue weighted by Crippen LogP contribution is -2.43. The number of benzene rings is 3. The second-order valence-electron chi connectivity index (χ2n) is 11.2. The molecule has 3 aromatic carbocycles. The van der Waals surface area contributed by atoms with Crippen LogP contribution in [0.1, 0.15) is 59.5 Å². The Balaban J connectivity index is 1.17. The fourth-order valence-electron chi connectivity index (χ4n) is 7.23. The first-order chi connectivity index (χ1) is 17.7. The molecule has 0 aliphatic heterocycles. The Hall–Kier alpha value is -2.83. The van der Waals surface area contributed by atoms with E-state index in [4.69, 9.17) is 11.6 Å². The number of carbonyl (C=O) groups excluding carboxylic acids is 1. The molecule has 0 radical (unpaired) electrons. The van der Waals surface area contributed by atoms with Crippen molar-refractivity contribution in [2.24, 2.45) is 23.7 Å². The summed E-state index contributed by atoms with van der Waals surface area (Å²) in [7, 11) is -3.98. The Morgan fingerprint density at radius 1 is 0.838 bits per heavy atom. The van der Waals surface area contributed by atoms with Gasteiger partial charge in [0.25, 0.3) is 15.9 Å². The topological polar surface area (TPSA) is 75.3 Å². The molecule has 4 bridgehead atoms. The predicted molar refractivity (Wildman–Crippen MR) is 148 cm³/mol. The van der Waals surface area contributed by atoms with Crippen molar-refractivity contribution in [2.45, 2.75) is 49.8 Å². The van der Waals surface area contributed by atoms with Gasteiger partial charge < -0.3 is 5.32 Å². The highest BCUT2D eigenvalue weighted by molar-refractivity contribution is 7.92. The summed E-state index contributed by atoms with van der Waals surface area (Å²) in [5.41, 5.74) is 3.65. The minimum absolute atomic E-state index is 0.0525. The van der Waals surface area contributed by atoms with Crippen LogP contribution in [0.2, 0.25) is 5.02 Å². The van der Waals surface area contributed by atoms with Crippen molar-refractivity contribution in [3.63, 3.8) is 0 Å². The fourth-order valence-corrected chi connectivity index (χ4v) is 8.81. The van der Waals surface area contributed by atoms with E-state index in [-0.39, 0.29) is 21.4 Å². The number of anilines is 2. The molecule has 0 atom stereocenters. The first-order valence-electron chi connectivity index (χ1n) is 13.1. The number of hydrogen-bond acceptors (Lipinski definition) is 3. The summed E-state index contributed by atoms with van der Waals surface area (Å²) >= 11 is 6.24. The number of hydrogen-bond donors (Lipinski definition) is 2. The summed E-state index contributed by atoms with van der Waals surface area (Å²) in [6.45, 7) is 1.88. The van der Waals surface area contributed by atoms with Crippen molar-refractivity contribution in [1.82, 2.24) is 0 Å². The summed E-state index contributed by atoms with van der Waals surface area (Å²) in [6, 6.07) is 19.6. The molecule has 2 N–H and O–H groups in total. The zero-order chi connectivity index (χ0) is 25.7. The second kappa shape index (κ2) is 9.48. The van der Waals surface area contributed by atoms with Gasteiger partial charge in [-0.2, -0.15) is 0 Å². The number of amides is 1. The Bertz CT molecular complexity index is 1420. The molecule has 0 saturated heterocycles. The zero-order valence-electron chi connectivity index (χ0n) is 20.8. The van der Waals surface area contributed by atoms with Gasteiger partial charge in [-0.05, 0) is 122 Å². The van der Waals surface area contributed by atoms with Gasteiger partial charge in [0, 0.05) is 16.9 Å². The fraction of sp³-hybridized carbons (Fsp3) is 0.367. The van der Waals surface area contributed by atoms with E-state index >= 15 is 0 Å². The van der Waals surface area contributed by atoms with E-state index in [1.807, 2.05) is 25.1 Å². The number of aryl methyl sites for hydroxylation is 1. The van der Waals surface area contributed by atoms with Gasteiger partial charge in [0.05, 0.1) is 5.02 Å². The molecule has 0 spiro atoms. The average Bonchev–Trinajstić information content (AvgIpc) is 2.84. The van der Waals surface area contributed by atoms with Crippen molar-refractivity contribution in [2.75, 3.05) is 10.0 Å². The Kier molecular flexibility index (Phi) is 6.28. The summed E-state index contributed by atoms with van der Waals surface area (Å²) in [6.07, 6.45) is 6.93. The van der Waals surface area contributed by atoms with E-state index < -0.39 is 10.0 Å². The van der Waals surface area contributed by atoms with Gasteiger partial charge in [-0.25, -0.2) is 8.42 Å². The monoisotopic (exact) mass is 534 g/mol. The molecule has 0 heterocycles. The normalized spacial score (nSPS) is 26.2. The lowest BCUT2D eigenvalue weighted by Gasteiger charge is -2.54. The van der Waals surface area contributed by atoms with Crippen LogP contribution in [0.15, 0.2) is 71.6 Å². The quantitative estimate of drug-likeness (QED) is 0.350. The third-order valence-electron chi connectivity index (χ3n) is 8.53. The van der Waals surface area contributed by atoms with Crippen LogP contribution < -0.4 is 10.0 Å². The molecule has 0 unspecified atom stereocenters. The van der Waals surface area contributed by atoms with Crippen LogP contribution in [0.5, 0.6) is 0 Å². The van der Waals surface area contributed by atoms with E-state index in [2.05, 4.69) is 22.2 Å². The molecule has 4 saturated carbocycles. The first-order valence-corrected chi connectivity index (χ1v) is 14.9. The molecule has 4 aliphatic rings. The van der Waals surface area contributed by atoms with Gasteiger partial charge in [0.15, 0.2) is 0 Å². The molecular formula is C30H31ClN2O3S. The lowest BCUT2D eigenvalue weighted by molar-refractivity contribution is -0.00277. The van der Waals surface area contributed by atoms with Gasteiger partial charge in [-0.3, -0.25) is 9.52 Å². The Morgan fingerprint density at radius 3 is 2.16 bits per heavy atom. The van der Waals surface area contributed by atoms with E-state index in [0.29, 0.717) is 17.3 Å². The Labute approximate surface area is 223 Å². The summed E-state index contributed by atoms with van der Waals surface area (Å²) in [5, 5.41) is 2.96. The number of sulfonamides is 1. The van der Waals surface area contributed by atoms with Crippen molar-refractivity contribution in [3.05, 3.63) is 88.4 Å². The summed E-state index contributed by atoms with van der Waals surface area (Å²) in [4.78, 5) is 12.9. The van der Waals surface area contributed by atoms with E-state index in [0.717, 1.165) is 29.2 Å². The zero-order valence-corrected chi connectivity index (χ0v) is 22.4.